The first kappa shape index (κ1) is 19.9. The minimum atomic E-state index is -4.39. The number of methoxy groups -OCH3 is 1. The molecule has 2 aromatic carbocycles. The summed E-state index contributed by atoms with van der Waals surface area (Å²) in [6.45, 7) is 0. The molecule has 0 aromatic heterocycles. The number of hydrogen-bond acceptors (Lipinski definition) is 4. The smallest absolute Gasteiger partial charge is 0.416 e. The van der Waals surface area contributed by atoms with Crippen LogP contribution in [0.15, 0.2) is 48.5 Å². The van der Waals surface area contributed by atoms with E-state index in [2.05, 4.69) is 4.74 Å². The van der Waals surface area contributed by atoms with Crippen LogP contribution in [0.1, 0.15) is 12.0 Å². The van der Waals surface area contributed by atoms with Crippen LogP contribution in [0.3, 0.4) is 0 Å². The lowest BCUT2D eigenvalue weighted by Gasteiger charge is -2.16. The predicted octanol–water partition coefficient (Wildman–Crippen LogP) is 5.05. The maximum atomic E-state index is 12.5. The molecule has 140 valence electrons. The number of esters is 1. The molecule has 0 amide bonds. The molecule has 2 aromatic rings. The maximum Gasteiger partial charge on any atom is 0.416 e. The Labute approximate surface area is 153 Å². The lowest BCUT2D eigenvalue weighted by molar-refractivity contribution is -0.148. The van der Waals surface area contributed by atoms with Crippen LogP contribution in [-0.4, -0.2) is 25.1 Å². The Morgan fingerprint density at radius 2 is 1.50 bits per heavy atom. The molecule has 8 heteroatoms. The van der Waals surface area contributed by atoms with Gasteiger partial charge in [-0.2, -0.15) is 13.2 Å². The molecule has 0 aliphatic carbocycles. The minimum Gasteiger partial charge on any atom is -0.479 e. The predicted molar refractivity (Wildman–Crippen MR) is 89.7 cm³/mol. The largest absolute Gasteiger partial charge is 0.479 e. The van der Waals surface area contributed by atoms with Gasteiger partial charge in [0.25, 0.3) is 0 Å². The van der Waals surface area contributed by atoms with Crippen LogP contribution in [0.5, 0.6) is 17.2 Å². The van der Waals surface area contributed by atoms with Crippen LogP contribution >= 0.6 is 11.6 Å². The van der Waals surface area contributed by atoms with Crippen molar-refractivity contribution in [2.24, 2.45) is 0 Å². The molecule has 0 aliphatic rings. The number of carbonyl (C=O) groups excluding carboxylic acids is 1. The van der Waals surface area contributed by atoms with E-state index in [0.717, 1.165) is 12.1 Å². The highest BCUT2D eigenvalue weighted by Crippen LogP contribution is 2.31. The van der Waals surface area contributed by atoms with Crippen LogP contribution < -0.4 is 9.47 Å². The molecule has 0 bridgehead atoms. The van der Waals surface area contributed by atoms with Crippen molar-refractivity contribution in [1.29, 1.82) is 0 Å². The number of alkyl halides is 4. The molecule has 0 aliphatic heterocycles. The van der Waals surface area contributed by atoms with Gasteiger partial charge in [-0.15, -0.1) is 11.6 Å². The molecule has 26 heavy (non-hydrogen) atoms. The molecule has 0 spiro atoms. The second-order valence-electron chi connectivity index (χ2n) is 5.20. The molecule has 1 atom stereocenters. The molecule has 0 N–H and O–H groups in total. The summed E-state index contributed by atoms with van der Waals surface area (Å²) in [6.07, 6.45) is -4.92. The Hall–Kier alpha value is -2.41. The second kappa shape index (κ2) is 8.80. The molecule has 0 heterocycles. The van der Waals surface area contributed by atoms with Crippen molar-refractivity contribution in [3.8, 4) is 17.2 Å². The third-order valence-corrected chi connectivity index (χ3v) is 3.57. The van der Waals surface area contributed by atoms with E-state index in [1.165, 1.54) is 19.2 Å². The van der Waals surface area contributed by atoms with Crippen molar-refractivity contribution >= 4 is 17.6 Å². The fourth-order valence-electron chi connectivity index (χ4n) is 2.05. The zero-order chi connectivity index (χ0) is 19.2. The Morgan fingerprint density at radius 1 is 1.00 bits per heavy atom. The van der Waals surface area contributed by atoms with E-state index in [1.54, 1.807) is 24.3 Å². The van der Waals surface area contributed by atoms with E-state index in [-0.39, 0.29) is 18.1 Å². The van der Waals surface area contributed by atoms with E-state index in [0.29, 0.717) is 11.5 Å². The van der Waals surface area contributed by atoms with Gasteiger partial charge in [0.05, 0.1) is 12.7 Å². The molecule has 0 saturated heterocycles. The van der Waals surface area contributed by atoms with Gasteiger partial charge in [-0.05, 0) is 48.5 Å². The molecular formula is C18H16ClF3O4. The Morgan fingerprint density at radius 3 is 1.96 bits per heavy atom. The first-order valence-electron chi connectivity index (χ1n) is 7.59. The Balaban J connectivity index is 2.01. The highest BCUT2D eigenvalue weighted by Gasteiger charge is 2.30. The summed E-state index contributed by atoms with van der Waals surface area (Å²) in [5.41, 5.74) is -0.748. The summed E-state index contributed by atoms with van der Waals surface area (Å²) < 4.78 is 53.3. The first-order chi connectivity index (χ1) is 12.3. The molecule has 4 nitrogen and oxygen atoms in total. The summed E-state index contributed by atoms with van der Waals surface area (Å²) in [6, 6.07) is 10.7. The highest BCUT2D eigenvalue weighted by molar-refractivity contribution is 6.18. The van der Waals surface area contributed by atoms with Gasteiger partial charge in [0, 0.05) is 12.3 Å². The number of benzene rings is 2. The minimum absolute atomic E-state index is 0.231. The SMILES string of the molecule is COC(=O)C(CCCl)Oc1ccc(Oc2ccc(C(F)(F)F)cc2)cc1. The van der Waals surface area contributed by atoms with Gasteiger partial charge in [-0.1, -0.05) is 0 Å². The summed E-state index contributed by atoms with van der Waals surface area (Å²) in [7, 11) is 1.26. The lowest BCUT2D eigenvalue weighted by atomic mass is 10.2. The summed E-state index contributed by atoms with van der Waals surface area (Å²) in [4.78, 5) is 11.6. The molecular weight excluding hydrogens is 373 g/mol. The number of hydrogen-bond donors (Lipinski definition) is 0. The third-order valence-electron chi connectivity index (χ3n) is 3.35. The van der Waals surface area contributed by atoms with Crippen LogP contribution in [0, 0.1) is 0 Å². The van der Waals surface area contributed by atoms with E-state index in [1.807, 2.05) is 0 Å². The van der Waals surface area contributed by atoms with Crippen molar-refractivity contribution < 1.29 is 32.2 Å². The van der Waals surface area contributed by atoms with Crippen LogP contribution in [0.25, 0.3) is 0 Å². The number of rotatable bonds is 7. The fourth-order valence-corrected chi connectivity index (χ4v) is 2.25. The number of halogens is 4. The quantitative estimate of drug-likeness (QED) is 0.492. The summed E-state index contributed by atoms with van der Waals surface area (Å²) in [5.74, 6) is 0.779. The van der Waals surface area contributed by atoms with Gasteiger partial charge in [0.2, 0.25) is 0 Å². The van der Waals surface area contributed by atoms with Gasteiger partial charge in [-0.3, -0.25) is 0 Å². The fraction of sp³-hybridized carbons (Fsp3) is 0.278. The van der Waals surface area contributed by atoms with Crippen LogP contribution in [0.2, 0.25) is 0 Å². The van der Waals surface area contributed by atoms with Gasteiger partial charge in [-0.25, -0.2) is 4.79 Å². The van der Waals surface area contributed by atoms with Crippen LogP contribution in [0.4, 0.5) is 13.2 Å². The van der Waals surface area contributed by atoms with Crippen molar-refractivity contribution in [2.45, 2.75) is 18.7 Å². The molecule has 0 saturated carbocycles. The zero-order valence-corrected chi connectivity index (χ0v) is 14.5. The summed E-state index contributed by atoms with van der Waals surface area (Å²) >= 11 is 5.64. The van der Waals surface area contributed by atoms with E-state index in [4.69, 9.17) is 21.1 Å². The van der Waals surface area contributed by atoms with E-state index in [9.17, 15) is 18.0 Å². The Kier molecular flexibility index (Phi) is 6.74. The van der Waals surface area contributed by atoms with Crippen LogP contribution in [-0.2, 0) is 15.7 Å². The van der Waals surface area contributed by atoms with Gasteiger partial charge in [0.1, 0.15) is 17.2 Å². The first-order valence-corrected chi connectivity index (χ1v) is 8.12. The lowest BCUT2D eigenvalue weighted by Crippen LogP contribution is -2.29. The molecule has 1 unspecified atom stereocenters. The van der Waals surface area contributed by atoms with E-state index < -0.39 is 23.8 Å². The maximum absolute atomic E-state index is 12.5. The van der Waals surface area contributed by atoms with Crippen molar-refractivity contribution in [3.05, 3.63) is 54.1 Å². The van der Waals surface area contributed by atoms with E-state index >= 15 is 0 Å². The normalized spacial score (nSPS) is 12.3. The molecule has 0 radical (unpaired) electrons. The zero-order valence-electron chi connectivity index (χ0n) is 13.8. The average Bonchev–Trinajstić information content (AvgIpc) is 2.62. The number of ether oxygens (including phenoxy) is 3. The summed E-state index contributed by atoms with van der Waals surface area (Å²) in [5, 5.41) is 0. The topological polar surface area (TPSA) is 44.8 Å². The Bertz CT molecular complexity index is 715. The standard InChI is InChI=1S/C18H16ClF3O4/c1-24-17(23)16(10-11-19)26-15-8-6-14(7-9-15)25-13-4-2-12(3-5-13)18(20,21)22/h2-9,16H,10-11H2,1H3. The highest BCUT2D eigenvalue weighted by atomic mass is 35.5. The van der Waals surface area contributed by atoms with Gasteiger partial charge in [0.15, 0.2) is 6.10 Å². The number of carbonyl (C=O) groups is 1. The molecule has 2 rings (SSSR count). The van der Waals surface area contributed by atoms with Gasteiger partial charge >= 0.3 is 12.1 Å². The molecule has 0 fully saturated rings. The second-order valence-corrected chi connectivity index (χ2v) is 5.58. The van der Waals surface area contributed by atoms with Crippen molar-refractivity contribution in [2.75, 3.05) is 13.0 Å². The van der Waals surface area contributed by atoms with Crippen molar-refractivity contribution in [1.82, 2.24) is 0 Å². The van der Waals surface area contributed by atoms with Gasteiger partial charge < -0.3 is 14.2 Å². The average molecular weight is 389 g/mol. The third kappa shape index (κ3) is 5.56. The monoisotopic (exact) mass is 388 g/mol. The van der Waals surface area contributed by atoms with Crippen molar-refractivity contribution in [3.63, 3.8) is 0 Å².